The molecule has 186 valence electrons. The molecule has 1 aliphatic rings. The van der Waals surface area contributed by atoms with Gasteiger partial charge in [-0.15, -0.1) is 0 Å². The lowest BCUT2D eigenvalue weighted by Crippen LogP contribution is -2.42. The second-order valence-corrected chi connectivity index (χ2v) is 11.0. The third-order valence-electron chi connectivity index (χ3n) is 5.81. The molecule has 0 bridgehead atoms. The number of hydrogen-bond acceptors (Lipinski definition) is 5. The molecule has 1 heterocycles. The van der Waals surface area contributed by atoms with E-state index in [0.717, 1.165) is 30.0 Å². The fourth-order valence-electron chi connectivity index (χ4n) is 3.81. The predicted molar refractivity (Wildman–Crippen MR) is 139 cm³/mol. The number of benzene rings is 3. The van der Waals surface area contributed by atoms with Gasteiger partial charge in [-0.1, -0.05) is 65.7 Å². The molecular weight excluding hydrogens is 507 g/mol. The Morgan fingerprint density at radius 3 is 2.34 bits per heavy atom. The van der Waals surface area contributed by atoms with E-state index in [4.69, 9.17) is 32.7 Å². The van der Waals surface area contributed by atoms with Crippen molar-refractivity contribution in [1.82, 2.24) is 9.21 Å². The van der Waals surface area contributed by atoms with Gasteiger partial charge in [-0.25, -0.2) is 8.42 Å². The summed E-state index contributed by atoms with van der Waals surface area (Å²) < 4.78 is 40.0. The Morgan fingerprint density at radius 1 is 0.914 bits per heavy atom. The van der Waals surface area contributed by atoms with Crippen molar-refractivity contribution in [2.75, 3.05) is 39.4 Å². The Balaban J connectivity index is 1.49. The van der Waals surface area contributed by atoms with Crippen molar-refractivity contribution >= 4 is 33.2 Å². The van der Waals surface area contributed by atoms with Crippen LogP contribution in [0.5, 0.6) is 5.75 Å². The largest absolute Gasteiger partial charge is 0.489 e. The average molecular weight is 535 g/mol. The molecule has 1 fully saturated rings. The summed E-state index contributed by atoms with van der Waals surface area (Å²) in [5.41, 5.74) is 1.93. The molecule has 1 aliphatic heterocycles. The van der Waals surface area contributed by atoms with Crippen LogP contribution in [0.4, 0.5) is 0 Å². The van der Waals surface area contributed by atoms with E-state index in [0.29, 0.717) is 37.9 Å². The van der Waals surface area contributed by atoms with Gasteiger partial charge in [0.25, 0.3) is 0 Å². The lowest BCUT2D eigenvalue weighted by molar-refractivity contribution is 0.0361. The van der Waals surface area contributed by atoms with Crippen LogP contribution in [0.1, 0.15) is 11.1 Å². The van der Waals surface area contributed by atoms with Crippen molar-refractivity contribution in [2.45, 2.75) is 18.0 Å². The maximum Gasteiger partial charge on any atom is 0.244 e. The van der Waals surface area contributed by atoms with Crippen LogP contribution in [0, 0.1) is 0 Å². The third-order valence-corrected chi connectivity index (χ3v) is 8.37. The third kappa shape index (κ3) is 7.19. The molecule has 0 amide bonds. The number of sulfonamides is 1. The molecule has 0 radical (unpaired) electrons. The fourth-order valence-corrected chi connectivity index (χ4v) is 5.97. The van der Waals surface area contributed by atoms with Gasteiger partial charge in [-0.2, -0.15) is 4.31 Å². The Kier molecular flexibility index (Phi) is 9.05. The minimum atomic E-state index is -3.88. The summed E-state index contributed by atoms with van der Waals surface area (Å²) in [5, 5.41) is 0.469. The van der Waals surface area contributed by atoms with Crippen molar-refractivity contribution in [3.63, 3.8) is 0 Å². The van der Waals surface area contributed by atoms with Gasteiger partial charge < -0.3 is 9.47 Å². The summed E-state index contributed by atoms with van der Waals surface area (Å²) >= 11 is 12.4. The SMILES string of the molecule is O=S(=O)(c1cc(Cl)ccc1Cl)N(CCN1CCOCC1)Cc1ccc(OCc2ccccc2)cc1. The second-order valence-electron chi connectivity index (χ2n) is 8.29. The van der Waals surface area contributed by atoms with Gasteiger partial charge >= 0.3 is 0 Å². The van der Waals surface area contributed by atoms with Crippen LogP contribution in [0.25, 0.3) is 0 Å². The molecule has 0 spiro atoms. The molecule has 4 rings (SSSR count). The van der Waals surface area contributed by atoms with Crippen LogP contribution in [-0.4, -0.2) is 57.0 Å². The van der Waals surface area contributed by atoms with Gasteiger partial charge in [0, 0.05) is 37.7 Å². The molecule has 0 atom stereocenters. The van der Waals surface area contributed by atoms with Crippen molar-refractivity contribution < 1.29 is 17.9 Å². The zero-order valence-corrected chi connectivity index (χ0v) is 21.6. The van der Waals surface area contributed by atoms with Gasteiger partial charge in [-0.3, -0.25) is 4.90 Å². The molecular formula is C26H28Cl2N2O4S. The second kappa shape index (κ2) is 12.2. The fraction of sp³-hybridized carbons (Fsp3) is 0.308. The number of morpholine rings is 1. The Labute approximate surface area is 217 Å². The van der Waals surface area contributed by atoms with Gasteiger partial charge in [0.2, 0.25) is 10.0 Å². The molecule has 3 aromatic carbocycles. The summed E-state index contributed by atoms with van der Waals surface area (Å²) in [6.07, 6.45) is 0. The molecule has 9 heteroatoms. The molecule has 1 saturated heterocycles. The minimum Gasteiger partial charge on any atom is -0.489 e. The molecule has 0 unspecified atom stereocenters. The van der Waals surface area contributed by atoms with Crippen LogP contribution in [0.2, 0.25) is 10.0 Å². The van der Waals surface area contributed by atoms with Gasteiger partial charge in [0.1, 0.15) is 17.3 Å². The first-order chi connectivity index (χ1) is 16.9. The Hall–Kier alpha value is -2.13. The normalized spacial score (nSPS) is 14.8. The summed E-state index contributed by atoms with van der Waals surface area (Å²) in [6.45, 7) is 4.44. The van der Waals surface area contributed by atoms with Crippen molar-refractivity contribution in [1.29, 1.82) is 0 Å². The maximum atomic E-state index is 13.6. The lowest BCUT2D eigenvalue weighted by Gasteiger charge is -2.30. The minimum absolute atomic E-state index is 0.0106. The first kappa shape index (κ1) is 25.9. The summed E-state index contributed by atoms with van der Waals surface area (Å²) in [4.78, 5) is 2.21. The zero-order chi connectivity index (χ0) is 24.7. The predicted octanol–water partition coefficient (Wildman–Crippen LogP) is 5.10. The van der Waals surface area contributed by atoms with Gasteiger partial charge in [-0.05, 0) is 41.5 Å². The highest BCUT2D eigenvalue weighted by molar-refractivity contribution is 7.89. The first-order valence-electron chi connectivity index (χ1n) is 11.4. The molecule has 35 heavy (non-hydrogen) atoms. The van der Waals surface area contributed by atoms with E-state index in [1.165, 1.54) is 16.4 Å². The number of hydrogen-bond donors (Lipinski definition) is 0. The van der Waals surface area contributed by atoms with Crippen LogP contribution < -0.4 is 4.74 Å². The maximum absolute atomic E-state index is 13.6. The van der Waals surface area contributed by atoms with Crippen LogP contribution in [0.3, 0.4) is 0 Å². The van der Waals surface area contributed by atoms with Crippen molar-refractivity contribution in [2.24, 2.45) is 0 Å². The molecule has 0 aromatic heterocycles. The van der Waals surface area contributed by atoms with Gasteiger partial charge in [0.15, 0.2) is 0 Å². The molecule has 6 nitrogen and oxygen atoms in total. The molecule has 0 saturated carbocycles. The molecule has 3 aromatic rings. The lowest BCUT2D eigenvalue weighted by atomic mass is 10.2. The van der Waals surface area contributed by atoms with E-state index < -0.39 is 10.0 Å². The Bertz CT molecular complexity index is 1200. The summed E-state index contributed by atoms with van der Waals surface area (Å²) in [7, 11) is -3.88. The first-order valence-corrected chi connectivity index (χ1v) is 13.6. The molecule has 0 aliphatic carbocycles. The topological polar surface area (TPSA) is 59.1 Å². The van der Waals surface area contributed by atoms with E-state index in [1.54, 1.807) is 6.07 Å². The number of halogens is 2. The van der Waals surface area contributed by atoms with E-state index >= 15 is 0 Å². The van der Waals surface area contributed by atoms with E-state index in [9.17, 15) is 8.42 Å². The standard InChI is InChI=1S/C26H28Cl2N2O4S/c27-23-8-11-25(28)26(18-23)35(31,32)30(13-12-29-14-16-33-17-15-29)19-21-6-9-24(10-7-21)34-20-22-4-2-1-3-5-22/h1-11,18H,12-17,19-20H2. The average Bonchev–Trinajstić information content (AvgIpc) is 2.88. The summed E-state index contributed by atoms with van der Waals surface area (Å²) in [5.74, 6) is 0.721. The van der Waals surface area contributed by atoms with E-state index in [-0.39, 0.29) is 16.5 Å². The highest BCUT2D eigenvalue weighted by atomic mass is 35.5. The smallest absolute Gasteiger partial charge is 0.244 e. The summed E-state index contributed by atoms with van der Waals surface area (Å²) in [6, 6.07) is 21.9. The quantitative estimate of drug-likeness (QED) is 0.362. The van der Waals surface area contributed by atoms with Gasteiger partial charge in [0.05, 0.1) is 18.2 Å². The number of rotatable bonds is 10. The van der Waals surface area contributed by atoms with Crippen molar-refractivity contribution in [3.8, 4) is 5.75 Å². The van der Waals surface area contributed by atoms with Crippen LogP contribution >= 0.6 is 23.2 Å². The Morgan fingerprint density at radius 2 is 1.63 bits per heavy atom. The number of nitrogens with zero attached hydrogens (tertiary/aromatic N) is 2. The van der Waals surface area contributed by atoms with Crippen molar-refractivity contribution in [3.05, 3.63) is 94.0 Å². The van der Waals surface area contributed by atoms with Crippen LogP contribution in [-0.2, 0) is 27.9 Å². The highest BCUT2D eigenvalue weighted by Crippen LogP contribution is 2.29. The zero-order valence-electron chi connectivity index (χ0n) is 19.3. The van der Waals surface area contributed by atoms with E-state index in [2.05, 4.69) is 4.90 Å². The monoisotopic (exact) mass is 534 g/mol. The number of ether oxygens (including phenoxy) is 2. The van der Waals surface area contributed by atoms with E-state index in [1.807, 2.05) is 54.6 Å². The highest BCUT2D eigenvalue weighted by Gasteiger charge is 2.28. The molecule has 0 N–H and O–H groups in total. The van der Waals surface area contributed by atoms with Crippen LogP contribution in [0.15, 0.2) is 77.7 Å².